The van der Waals surface area contributed by atoms with Crippen LogP contribution >= 0.6 is 12.2 Å². The molecule has 0 amide bonds. The third-order valence-corrected chi connectivity index (χ3v) is 1.93. The van der Waals surface area contributed by atoms with Crippen LogP contribution in [0.3, 0.4) is 0 Å². The van der Waals surface area contributed by atoms with Crippen LogP contribution in [-0.2, 0) is 6.42 Å². The largest absolute Gasteiger partial charge is 0.264 e. The molecule has 0 fully saturated rings. The first-order valence-corrected chi connectivity index (χ1v) is 4.55. The number of aromatic amines is 1. The van der Waals surface area contributed by atoms with E-state index in [1.165, 1.54) is 0 Å². The van der Waals surface area contributed by atoms with E-state index in [2.05, 4.69) is 20.2 Å². The minimum atomic E-state index is 0.403. The van der Waals surface area contributed by atoms with Gasteiger partial charge in [0, 0.05) is 18.8 Å². The van der Waals surface area contributed by atoms with Crippen molar-refractivity contribution in [1.29, 1.82) is 0 Å². The second-order valence-corrected chi connectivity index (χ2v) is 3.20. The first kappa shape index (κ1) is 8.96. The van der Waals surface area contributed by atoms with Crippen molar-refractivity contribution in [2.45, 2.75) is 6.42 Å². The Morgan fingerprint density at radius 2 is 2.29 bits per heavy atom. The standard InChI is InChI=1S/C9H8N4S/c14-9-11-6-8(12-13-9)4-7-2-1-3-10-5-7/h1-3,5-6H,4H2,(H,11,13,14). The fourth-order valence-electron chi connectivity index (χ4n) is 1.11. The highest BCUT2D eigenvalue weighted by Gasteiger charge is 1.96. The molecule has 0 aromatic carbocycles. The molecule has 0 aliphatic heterocycles. The summed E-state index contributed by atoms with van der Waals surface area (Å²) >= 11 is 4.79. The summed E-state index contributed by atoms with van der Waals surface area (Å²) in [5.74, 6) is 0. The molecule has 2 rings (SSSR count). The number of H-pyrrole nitrogens is 1. The molecule has 4 nitrogen and oxygen atoms in total. The Labute approximate surface area is 86.1 Å². The van der Waals surface area contributed by atoms with E-state index >= 15 is 0 Å². The molecular formula is C9H8N4S. The highest BCUT2D eigenvalue weighted by Crippen LogP contribution is 2.02. The van der Waals surface area contributed by atoms with Crippen LogP contribution in [0.2, 0.25) is 0 Å². The number of aromatic nitrogens is 4. The van der Waals surface area contributed by atoms with Gasteiger partial charge in [0.2, 0.25) is 4.77 Å². The Morgan fingerprint density at radius 3 is 2.93 bits per heavy atom. The molecule has 2 heterocycles. The predicted molar refractivity (Wildman–Crippen MR) is 54.3 cm³/mol. The van der Waals surface area contributed by atoms with E-state index in [4.69, 9.17) is 12.2 Å². The van der Waals surface area contributed by atoms with Crippen LogP contribution in [0.1, 0.15) is 11.3 Å². The summed E-state index contributed by atoms with van der Waals surface area (Å²) < 4.78 is 0.403. The molecule has 1 N–H and O–H groups in total. The van der Waals surface area contributed by atoms with Crippen molar-refractivity contribution in [3.63, 3.8) is 0 Å². The van der Waals surface area contributed by atoms with E-state index in [1.807, 2.05) is 18.3 Å². The van der Waals surface area contributed by atoms with Crippen LogP contribution in [0.4, 0.5) is 0 Å². The van der Waals surface area contributed by atoms with Gasteiger partial charge in [0.15, 0.2) is 0 Å². The van der Waals surface area contributed by atoms with Gasteiger partial charge >= 0.3 is 0 Å². The molecule has 0 aliphatic carbocycles. The second-order valence-electron chi connectivity index (χ2n) is 2.82. The number of nitrogens with one attached hydrogen (secondary N) is 1. The van der Waals surface area contributed by atoms with E-state index < -0.39 is 0 Å². The molecule has 14 heavy (non-hydrogen) atoms. The first-order chi connectivity index (χ1) is 6.84. The summed E-state index contributed by atoms with van der Waals surface area (Å²) in [6.07, 6.45) is 5.94. The summed E-state index contributed by atoms with van der Waals surface area (Å²) in [7, 11) is 0. The number of hydrogen-bond donors (Lipinski definition) is 1. The van der Waals surface area contributed by atoms with Crippen LogP contribution in [0, 0.1) is 4.77 Å². The molecule has 5 heteroatoms. The van der Waals surface area contributed by atoms with Crippen LogP contribution in [0.15, 0.2) is 30.7 Å². The maximum atomic E-state index is 4.79. The smallest absolute Gasteiger partial charge is 0.213 e. The lowest BCUT2D eigenvalue weighted by atomic mass is 10.2. The fourth-order valence-corrected chi connectivity index (χ4v) is 1.21. The zero-order valence-electron chi connectivity index (χ0n) is 7.34. The maximum Gasteiger partial charge on any atom is 0.213 e. The minimum absolute atomic E-state index is 0.403. The number of hydrogen-bond acceptors (Lipinski definition) is 4. The van der Waals surface area contributed by atoms with Gasteiger partial charge in [-0.2, -0.15) is 5.10 Å². The van der Waals surface area contributed by atoms with Gasteiger partial charge in [0.1, 0.15) is 0 Å². The van der Waals surface area contributed by atoms with Crippen LogP contribution < -0.4 is 0 Å². The molecule has 2 aromatic rings. The third kappa shape index (κ3) is 2.20. The van der Waals surface area contributed by atoms with Crippen molar-refractivity contribution < 1.29 is 0 Å². The molecule has 0 saturated carbocycles. The normalized spacial score (nSPS) is 10.0. The van der Waals surface area contributed by atoms with Gasteiger partial charge in [-0.15, -0.1) is 0 Å². The average Bonchev–Trinajstić information content (AvgIpc) is 2.23. The van der Waals surface area contributed by atoms with Gasteiger partial charge in [-0.25, -0.2) is 4.98 Å². The lowest BCUT2D eigenvalue weighted by Gasteiger charge is -1.98. The molecule has 0 atom stereocenters. The predicted octanol–water partition coefficient (Wildman–Crippen LogP) is 1.52. The van der Waals surface area contributed by atoms with Crippen molar-refractivity contribution in [2.75, 3.05) is 0 Å². The lowest BCUT2D eigenvalue weighted by Crippen LogP contribution is -1.96. The van der Waals surface area contributed by atoms with Gasteiger partial charge in [-0.1, -0.05) is 6.07 Å². The number of pyridine rings is 1. The summed E-state index contributed by atoms with van der Waals surface area (Å²) in [4.78, 5) is 7.97. The minimum Gasteiger partial charge on any atom is -0.264 e. The highest BCUT2D eigenvalue weighted by molar-refractivity contribution is 7.71. The van der Waals surface area contributed by atoms with Crippen molar-refractivity contribution in [2.24, 2.45) is 0 Å². The van der Waals surface area contributed by atoms with Crippen molar-refractivity contribution in [3.05, 3.63) is 46.8 Å². The lowest BCUT2D eigenvalue weighted by molar-refractivity contribution is 0.875. The van der Waals surface area contributed by atoms with E-state index in [0.29, 0.717) is 11.2 Å². The zero-order chi connectivity index (χ0) is 9.80. The Hall–Kier alpha value is -1.62. The van der Waals surface area contributed by atoms with Gasteiger partial charge in [-0.05, 0) is 23.8 Å². The molecule has 0 spiro atoms. The quantitative estimate of drug-likeness (QED) is 0.753. The van der Waals surface area contributed by atoms with Gasteiger partial charge in [0.25, 0.3) is 0 Å². The fraction of sp³-hybridized carbons (Fsp3) is 0.111. The molecule has 70 valence electrons. The summed E-state index contributed by atoms with van der Waals surface area (Å²) in [6.45, 7) is 0. The zero-order valence-corrected chi connectivity index (χ0v) is 8.16. The van der Waals surface area contributed by atoms with Crippen molar-refractivity contribution >= 4 is 12.2 Å². The Morgan fingerprint density at radius 1 is 1.36 bits per heavy atom. The molecule has 0 saturated heterocycles. The molecule has 0 aliphatic rings. The molecule has 0 radical (unpaired) electrons. The van der Waals surface area contributed by atoms with E-state index in [-0.39, 0.29) is 0 Å². The van der Waals surface area contributed by atoms with Gasteiger partial charge in [-0.3, -0.25) is 10.1 Å². The second kappa shape index (κ2) is 4.06. The van der Waals surface area contributed by atoms with Gasteiger partial charge < -0.3 is 0 Å². The molecular weight excluding hydrogens is 196 g/mol. The van der Waals surface area contributed by atoms with E-state index in [1.54, 1.807) is 12.4 Å². The Bertz CT molecular complexity index is 445. The monoisotopic (exact) mass is 204 g/mol. The topological polar surface area (TPSA) is 54.5 Å². The molecule has 2 aromatic heterocycles. The van der Waals surface area contributed by atoms with Crippen LogP contribution in [0.5, 0.6) is 0 Å². The third-order valence-electron chi connectivity index (χ3n) is 1.73. The van der Waals surface area contributed by atoms with E-state index in [0.717, 1.165) is 11.3 Å². The van der Waals surface area contributed by atoms with Gasteiger partial charge in [0.05, 0.1) is 11.9 Å². The average molecular weight is 204 g/mol. The Balaban J connectivity index is 2.19. The first-order valence-electron chi connectivity index (χ1n) is 4.14. The molecule has 0 unspecified atom stereocenters. The molecule has 0 bridgehead atoms. The summed E-state index contributed by atoms with van der Waals surface area (Å²) in [5, 5.41) is 6.71. The summed E-state index contributed by atoms with van der Waals surface area (Å²) in [5.41, 5.74) is 1.96. The van der Waals surface area contributed by atoms with Crippen LogP contribution in [0.25, 0.3) is 0 Å². The number of rotatable bonds is 2. The Kier molecular flexibility index (Phi) is 2.60. The number of nitrogens with zero attached hydrogens (tertiary/aromatic N) is 3. The van der Waals surface area contributed by atoms with Crippen molar-refractivity contribution in [1.82, 2.24) is 20.2 Å². The maximum absolute atomic E-state index is 4.79. The summed E-state index contributed by atoms with van der Waals surface area (Å²) in [6, 6.07) is 3.89. The van der Waals surface area contributed by atoms with Crippen LogP contribution in [-0.4, -0.2) is 20.2 Å². The SMILES string of the molecule is S=c1ncc(Cc2cccnc2)n[nH]1. The van der Waals surface area contributed by atoms with E-state index in [9.17, 15) is 0 Å². The van der Waals surface area contributed by atoms with Crippen molar-refractivity contribution in [3.8, 4) is 0 Å². The highest BCUT2D eigenvalue weighted by atomic mass is 32.1.